The maximum Gasteiger partial charge on any atom is 0.161 e. The molecule has 0 aliphatic carbocycles. The van der Waals surface area contributed by atoms with Gasteiger partial charge in [0.15, 0.2) is 5.75 Å². The third-order valence-corrected chi connectivity index (χ3v) is 3.99. The molecule has 4 nitrogen and oxygen atoms in total. The molecule has 1 unspecified atom stereocenters. The van der Waals surface area contributed by atoms with Gasteiger partial charge in [0, 0.05) is 22.7 Å². The van der Waals surface area contributed by atoms with Crippen LogP contribution in [0.2, 0.25) is 10.0 Å². The minimum absolute atomic E-state index is 0.173. The van der Waals surface area contributed by atoms with E-state index in [-0.39, 0.29) is 6.04 Å². The fourth-order valence-corrected chi connectivity index (χ4v) is 2.94. The molecule has 0 bridgehead atoms. The summed E-state index contributed by atoms with van der Waals surface area (Å²) in [5, 5.41) is 8.99. The highest BCUT2D eigenvalue weighted by molar-refractivity contribution is 6.36. The molecular formula is C15H19Cl2N3O. The Labute approximate surface area is 135 Å². The summed E-state index contributed by atoms with van der Waals surface area (Å²) in [6.45, 7) is 2.94. The molecule has 0 aliphatic rings. The second-order valence-electron chi connectivity index (χ2n) is 4.74. The van der Waals surface area contributed by atoms with E-state index in [0.29, 0.717) is 15.8 Å². The minimum atomic E-state index is -0.173. The Balaban J connectivity index is 2.55. The second-order valence-corrected chi connectivity index (χ2v) is 5.56. The molecule has 1 atom stereocenters. The molecule has 1 aromatic carbocycles. The van der Waals surface area contributed by atoms with Crippen LogP contribution in [0.5, 0.6) is 5.75 Å². The lowest BCUT2D eigenvalue weighted by molar-refractivity contribution is 0.400. The highest BCUT2D eigenvalue weighted by Gasteiger charge is 2.25. The average molecular weight is 328 g/mol. The maximum atomic E-state index is 6.37. The summed E-state index contributed by atoms with van der Waals surface area (Å²) in [6.07, 6.45) is 2.69. The molecule has 0 saturated heterocycles. The van der Waals surface area contributed by atoms with E-state index in [2.05, 4.69) is 17.3 Å². The van der Waals surface area contributed by atoms with Crippen LogP contribution in [0.25, 0.3) is 0 Å². The van der Waals surface area contributed by atoms with E-state index in [1.807, 2.05) is 25.2 Å². The van der Waals surface area contributed by atoms with Gasteiger partial charge in [0.25, 0.3) is 0 Å². The SMILES string of the molecule is CCCNC(c1c(Cl)cccc1Cl)c1c(OC)cnn1C. The Morgan fingerprint density at radius 1 is 1.33 bits per heavy atom. The van der Waals surface area contributed by atoms with Crippen molar-refractivity contribution in [3.05, 3.63) is 45.7 Å². The number of aryl methyl sites for hydroxylation is 1. The van der Waals surface area contributed by atoms with E-state index >= 15 is 0 Å². The quantitative estimate of drug-likeness (QED) is 0.876. The van der Waals surface area contributed by atoms with E-state index < -0.39 is 0 Å². The zero-order chi connectivity index (χ0) is 15.4. The van der Waals surface area contributed by atoms with E-state index in [9.17, 15) is 0 Å². The predicted molar refractivity (Wildman–Crippen MR) is 86.4 cm³/mol. The number of hydrogen-bond acceptors (Lipinski definition) is 3. The lowest BCUT2D eigenvalue weighted by Crippen LogP contribution is -2.26. The largest absolute Gasteiger partial charge is 0.493 e. The van der Waals surface area contributed by atoms with Crippen molar-refractivity contribution in [3.8, 4) is 5.75 Å². The van der Waals surface area contributed by atoms with Crippen LogP contribution in [0.4, 0.5) is 0 Å². The molecule has 1 heterocycles. The zero-order valence-electron chi connectivity index (χ0n) is 12.4. The molecule has 0 fully saturated rings. The summed E-state index contributed by atoms with van der Waals surface area (Å²) in [6, 6.07) is 5.35. The average Bonchev–Trinajstić information content (AvgIpc) is 2.83. The van der Waals surface area contributed by atoms with Crippen LogP contribution >= 0.6 is 23.2 Å². The van der Waals surface area contributed by atoms with Gasteiger partial charge in [-0.2, -0.15) is 5.10 Å². The molecule has 21 heavy (non-hydrogen) atoms. The zero-order valence-corrected chi connectivity index (χ0v) is 13.9. The van der Waals surface area contributed by atoms with Crippen molar-refractivity contribution in [2.45, 2.75) is 19.4 Å². The molecule has 0 saturated carbocycles. The van der Waals surface area contributed by atoms with Gasteiger partial charge in [-0.1, -0.05) is 36.2 Å². The molecular weight excluding hydrogens is 309 g/mol. The fourth-order valence-electron chi connectivity index (χ4n) is 2.32. The standard InChI is InChI=1S/C15H19Cl2N3O/c1-4-8-18-14(13-10(16)6-5-7-11(13)17)15-12(21-3)9-19-20(15)2/h5-7,9,14,18H,4,8H2,1-3H3. The third-order valence-electron chi connectivity index (χ3n) is 3.33. The number of halogens is 2. The van der Waals surface area contributed by atoms with E-state index in [1.54, 1.807) is 18.0 Å². The first-order chi connectivity index (χ1) is 10.1. The highest BCUT2D eigenvalue weighted by Crippen LogP contribution is 2.37. The van der Waals surface area contributed by atoms with Crippen molar-refractivity contribution >= 4 is 23.2 Å². The van der Waals surface area contributed by atoms with Gasteiger partial charge in [-0.25, -0.2) is 0 Å². The lowest BCUT2D eigenvalue weighted by Gasteiger charge is -2.22. The molecule has 2 aromatic rings. The summed E-state index contributed by atoms with van der Waals surface area (Å²) in [5.74, 6) is 0.710. The van der Waals surface area contributed by atoms with Crippen molar-refractivity contribution < 1.29 is 4.74 Å². The van der Waals surface area contributed by atoms with Crippen LogP contribution in [-0.4, -0.2) is 23.4 Å². The van der Waals surface area contributed by atoms with Crippen LogP contribution in [-0.2, 0) is 7.05 Å². The second kappa shape index (κ2) is 7.16. The van der Waals surface area contributed by atoms with E-state index in [0.717, 1.165) is 24.2 Å². The van der Waals surface area contributed by atoms with Gasteiger partial charge in [0.2, 0.25) is 0 Å². The van der Waals surface area contributed by atoms with Crippen LogP contribution in [0.1, 0.15) is 30.6 Å². The highest BCUT2D eigenvalue weighted by atomic mass is 35.5. The molecule has 1 aromatic heterocycles. The Hall–Kier alpha value is -1.23. The summed E-state index contributed by atoms with van der Waals surface area (Å²) in [4.78, 5) is 0. The number of hydrogen-bond donors (Lipinski definition) is 1. The monoisotopic (exact) mass is 327 g/mol. The number of aromatic nitrogens is 2. The molecule has 6 heteroatoms. The molecule has 0 spiro atoms. The number of benzene rings is 1. The Kier molecular flexibility index (Phi) is 5.51. The van der Waals surface area contributed by atoms with Crippen molar-refractivity contribution in [2.24, 2.45) is 7.05 Å². The molecule has 1 N–H and O–H groups in total. The van der Waals surface area contributed by atoms with Gasteiger partial charge in [-0.05, 0) is 25.1 Å². The van der Waals surface area contributed by atoms with E-state index in [4.69, 9.17) is 27.9 Å². The summed E-state index contributed by atoms with van der Waals surface area (Å²) >= 11 is 12.7. The summed E-state index contributed by atoms with van der Waals surface area (Å²) in [5.41, 5.74) is 1.75. The molecule has 114 valence electrons. The van der Waals surface area contributed by atoms with Crippen molar-refractivity contribution in [2.75, 3.05) is 13.7 Å². The first-order valence-electron chi connectivity index (χ1n) is 6.83. The lowest BCUT2D eigenvalue weighted by atomic mass is 10.0. The van der Waals surface area contributed by atoms with Crippen LogP contribution in [0.15, 0.2) is 24.4 Å². The van der Waals surface area contributed by atoms with E-state index in [1.165, 1.54) is 0 Å². The smallest absolute Gasteiger partial charge is 0.161 e. The van der Waals surface area contributed by atoms with Gasteiger partial charge in [-0.15, -0.1) is 0 Å². The van der Waals surface area contributed by atoms with Gasteiger partial charge in [0.05, 0.1) is 19.3 Å². The van der Waals surface area contributed by atoms with Gasteiger partial charge in [0.1, 0.15) is 5.69 Å². The van der Waals surface area contributed by atoms with Crippen molar-refractivity contribution in [1.29, 1.82) is 0 Å². The maximum absolute atomic E-state index is 6.37. The number of methoxy groups -OCH3 is 1. The first-order valence-corrected chi connectivity index (χ1v) is 7.58. The van der Waals surface area contributed by atoms with Crippen LogP contribution in [0, 0.1) is 0 Å². The Morgan fingerprint density at radius 3 is 2.57 bits per heavy atom. The number of ether oxygens (including phenoxy) is 1. The fraction of sp³-hybridized carbons (Fsp3) is 0.400. The Morgan fingerprint density at radius 2 is 2.00 bits per heavy atom. The van der Waals surface area contributed by atoms with Gasteiger partial charge >= 0.3 is 0 Å². The van der Waals surface area contributed by atoms with Crippen LogP contribution in [0.3, 0.4) is 0 Å². The molecule has 2 rings (SSSR count). The molecule has 0 radical (unpaired) electrons. The normalized spacial score (nSPS) is 12.4. The molecule has 0 aliphatic heterocycles. The summed E-state index contributed by atoms with van der Waals surface area (Å²) in [7, 11) is 3.51. The molecule has 0 amide bonds. The first kappa shape index (κ1) is 16.1. The summed E-state index contributed by atoms with van der Waals surface area (Å²) < 4.78 is 7.20. The predicted octanol–water partition coefficient (Wildman–Crippen LogP) is 3.82. The number of nitrogens with one attached hydrogen (secondary N) is 1. The van der Waals surface area contributed by atoms with Crippen molar-refractivity contribution in [3.63, 3.8) is 0 Å². The topological polar surface area (TPSA) is 39.1 Å². The van der Waals surface area contributed by atoms with Gasteiger partial charge in [-0.3, -0.25) is 4.68 Å². The van der Waals surface area contributed by atoms with Gasteiger partial charge < -0.3 is 10.1 Å². The minimum Gasteiger partial charge on any atom is -0.493 e. The third kappa shape index (κ3) is 3.34. The number of rotatable bonds is 6. The Bertz CT molecular complexity index is 593. The number of nitrogens with zero attached hydrogens (tertiary/aromatic N) is 2. The van der Waals surface area contributed by atoms with Crippen molar-refractivity contribution in [1.82, 2.24) is 15.1 Å². The van der Waals surface area contributed by atoms with Crippen LogP contribution < -0.4 is 10.1 Å².